The highest BCUT2D eigenvalue weighted by Gasteiger charge is 1.99. The summed E-state index contributed by atoms with van der Waals surface area (Å²) < 4.78 is 11.0. The fraction of sp³-hybridized carbons (Fsp3) is 0.500. The number of hydrogen-bond donors (Lipinski definition) is 2. The van der Waals surface area contributed by atoms with E-state index in [0.717, 1.165) is 37.4 Å². The van der Waals surface area contributed by atoms with Crippen LogP contribution in [-0.2, 0) is 4.79 Å². The van der Waals surface area contributed by atoms with Crippen molar-refractivity contribution in [2.45, 2.75) is 32.6 Å². The Balaban J connectivity index is 2.17. The standard InChI is InChI=1S/C14H22N2O3/c1-2-10-18-12-6-8-13(9-7-12)19-11-4-3-5-14(17)16-15/h6-9H,2-5,10-11,15H2,1H3,(H,16,17). The lowest BCUT2D eigenvalue weighted by Crippen LogP contribution is -2.29. The van der Waals surface area contributed by atoms with Crippen molar-refractivity contribution in [2.24, 2.45) is 5.84 Å². The molecule has 0 bridgehead atoms. The van der Waals surface area contributed by atoms with Gasteiger partial charge in [0.2, 0.25) is 5.91 Å². The molecule has 0 aliphatic rings. The van der Waals surface area contributed by atoms with Crippen molar-refractivity contribution in [1.29, 1.82) is 0 Å². The number of hydrogen-bond acceptors (Lipinski definition) is 4. The van der Waals surface area contributed by atoms with E-state index in [9.17, 15) is 4.79 Å². The maximum absolute atomic E-state index is 10.9. The first kappa shape index (κ1) is 15.3. The van der Waals surface area contributed by atoms with Crippen LogP contribution in [0.25, 0.3) is 0 Å². The topological polar surface area (TPSA) is 73.6 Å². The van der Waals surface area contributed by atoms with E-state index in [0.29, 0.717) is 13.0 Å². The molecule has 0 unspecified atom stereocenters. The van der Waals surface area contributed by atoms with Crippen LogP contribution < -0.4 is 20.7 Å². The Morgan fingerprint density at radius 1 is 1.11 bits per heavy atom. The molecule has 19 heavy (non-hydrogen) atoms. The van der Waals surface area contributed by atoms with Gasteiger partial charge in [0, 0.05) is 6.42 Å². The van der Waals surface area contributed by atoms with Crippen molar-refractivity contribution in [3.63, 3.8) is 0 Å². The maximum atomic E-state index is 10.9. The summed E-state index contributed by atoms with van der Waals surface area (Å²) >= 11 is 0. The normalized spacial score (nSPS) is 10.0. The lowest BCUT2D eigenvalue weighted by Gasteiger charge is -2.08. The summed E-state index contributed by atoms with van der Waals surface area (Å²) in [5.74, 6) is 6.51. The van der Waals surface area contributed by atoms with E-state index < -0.39 is 0 Å². The third-order valence-corrected chi connectivity index (χ3v) is 2.52. The van der Waals surface area contributed by atoms with E-state index in [-0.39, 0.29) is 5.91 Å². The van der Waals surface area contributed by atoms with Gasteiger partial charge in [-0.05, 0) is 43.5 Å². The first-order valence-electron chi connectivity index (χ1n) is 6.61. The van der Waals surface area contributed by atoms with Gasteiger partial charge in [-0.15, -0.1) is 0 Å². The van der Waals surface area contributed by atoms with Crippen LogP contribution in [0, 0.1) is 0 Å². The summed E-state index contributed by atoms with van der Waals surface area (Å²) in [6.45, 7) is 3.39. The molecule has 0 aromatic heterocycles. The number of benzene rings is 1. The molecule has 0 saturated heterocycles. The van der Waals surface area contributed by atoms with Gasteiger partial charge in [-0.2, -0.15) is 0 Å². The van der Waals surface area contributed by atoms with E-state index in [2.05, 4.69) is 12.3 Å². The first-order valence-corrected chi connectivity index (χ1v) is 6.61. The van der Waals surface area contributed by atoms with E-state index in [1.165, 1.54) is 0 Å². The summed E-state index contributed by atoms with van der Waals surface area (Å²) in [6, 6.07) is 7.56. The smallest absolute Gasteiger partial charge is 0.233 e. The van der Waals surface area contributed by atoms with Crippen LogP contribution in [0.4, 0.5) is 0 Å². The SMILES string of the molecule is CCCOc1ccc(OCCCCC(=O)NN)cc1. The fourth-order valence-electron chi connectivity index (χ4n) is 1.50. The van der Waals surface area contributed by atoms with Crippen LogP contribution in [-0.4, -0.2) is 19.1 Å². The molecular weight excluding hydrogens is 244 g/mol. The Hall–Kier alpha value is -1.75. The van der Waals surface area contributed by atoms with Crippen LogP contribution in [0.15, 0.2) is 24.3 Å². The third kappa shape index (κ3) is 6.67. The Morgan fingerprint density at radius 2 is 1.68 bits per heavy atom. The van der Waals surface area contributed by atoms with Crippen molar-refractivity contribution in [3.05, 3.63) is 24.3 Å². The van der Waals surface area contributed by atoms with E-state index in [4.69, 9.17) is 15.3 Å². The molecule has 106 valence electrons. The second-order valence-electron chi connectivity index (χ2n) is 4.19. The lowest BCUT2D eigenvalue weighted by atomic mass is 10.2. The molecule has 0 spiro atoms. The molecule has 5 heteroatoms. The van der Waals surface area contributed by atoms with Crippen molar-refractivity contribution in [3.8, 4) is 11.5 Å². The molecule has 5 nitrogen and oxygen atoms in total. The summed E-state index contributed by atoms with van der Waals surface area (Å²) in [5, 5.41) is 0. The second kappa shape index (κ2) is 9.22. The molecule has 1 aromatic rings. The number of amides is 1. The monoisotopic (exact) mass is 266 g/mol. The minimum atomic E-state index is -0.141. The summed E-state index contributed by atoms with van der Waals surface area (Å²) in [7, 11) is 0. The van der Waals surface area contributed by atoms with Gasteiger partial charge in [-0.1, -0.05) is 6.92 Å². The number of ether oxygens (including phenoxy) is 2. The largest absolute Gasteiger partial charge is 0.494 e. The highest BCUT2D eigenvalue weighted by molar-refractivity contribution is 5.75. The van der Waals surface area contributed by atoms with Crippen LogP contribution in [0.2, 0.25) is 0 Å². The minimum Gasteiger partial charge on any atom is -0.494 e. The minimum absolute atomic E-state index is 0.141. The predicted molar refractivity (Wildman–Crippen MR) is 73.9 cm³/mol. The molecule has 0 radical (unpaired) electrons. The van der Waals surface area contributed by atoms with Crippen LogP contribution in [0.3, 0.4) is 0 Å². The quantitative estimate of drug-likeness (QED) is 0.310. The van der Waals surface area contributed by atoms with Crippen LogP contribution >= 0.6 is 0 Å². The molecular formula is C14H22N2O3. The third-order valence-electron chi connectivity index (χ3n) is 2.52. The number of nitrogens with one attached hydrogen (secondary N) is 1. The number of unbranched alkanes of at least 4 members (excludes halogenated alkanes) is 1. The number of carbonyl (C=O) groups excluding carboxylic acids is 1. The summed E-state index contributed by atoms with van der Waals surface area (Å²) in [6.07, 6.45) is 3.01. The molecule has 0 heterocycles. The van der Waals surface area contributed by atoms with Gasteiger partial charge in [0.25, 0.3) is 0 Å². The zero-order valence-electron chi connectivity index (χ0n) is 11.4. The number of rotatable bonds is 9. The molecule has 3 N–H and O–H groups in total. The van der Waals surface area contributed by atoms with Gasteiger partial charge in [0.1, 0.15) is 11.5 Å². The molecule has 0 aliphatic heterocycles. The lowest BCUT2D eigenvalue weighted by molar-refractivity contribution is -0.121. The molecule has 0 atom stereocenters. The van der Waals surface area contributed by atoms with Crippen LogP contribution in [0.5, 0.6) is 11.5 Å². The molecule has 0 saturated carbocycles. The van der Waals surface area contributed by atoms with Gasteiger partial charge in [-0.3, -0.25) is 10.2 Å². The number of hydrazine groups is 1. The molecule has 0 aliphatic carbocycles. The zero-order chi connectivity index (χ0) is 13.9. The van der Waals surface area contributed by atoms with Crippen molar-refractivity contribution in [2.75, 3.05) is 13.2 Å². The number of carbonyl (C=O) groups is 1. The number of nitrogens with two attached hydrogens (primary N) is 1. The average molecular weight is 266 g/mol. The Labute approximate surface area is 114 Å². The van der Waals surface area contributed by atoms with Crippen molar-refractivity contribution < 1.29 is 14.3 Å². The Kier molecular flexibility index (Phi) is 7.43. The average Bonchev–Trinajstić information content (AvgIpc) is 2.45. The van der Waals surface area contributed by atoms with E-state index in [1.807, 2.05) is 24.3 Å². The van der Waals surface area contributed by atoms with Crippen molar-refractivity contribution >= 4 is 5.91 Å². The van der Waals surface area contributed by atoms with E-state index >= 15 is 0 Å². The van der Waals surface area contributed by atoms with Gasteiger partial charge in [0.15, 0.2) is 0 Å². The maximum Gasteiger partial charge on any atom is 0.233 e. The summed E-state index contributed by atoms with van der Waals surface area (Å²) in [4.78, 5) is 10.9. The summed E-state index contributed by atoms with van der Waals surface area (Å²) in [5.41, 5.74) is 2.10. The zero-order valence-corrected chi connectivity index (χ0v) is 11.4. The van der Waals surface area contributed by atoms with Crippen LogP contribution in [0.1, 0.15) is 32.6 Å². The molecule has 0 fully saturated rings. The first-order chi connectivity index (χ1) is 9.26. The Morgan fingerprint density at radius 3 is 2.21 bits per heavy atom. The molecule has 1 aromatic carbocycles. The molecule has 1 amide bonds. The Bertz CT molecular complexity index is 365. The van der Waals surface area contributed by atoms with Crippen molar-refractivity contribution in [1.82, 2.24) is 5.43 Å². The molecule has 1 rings (SSSR count). The van der Waals surface area contributed by atoms with Gasteiger partial charge >= 0.3 is 0 Å². The second-order valence-corrected chi connectivity index (χ2v) is 4.19. The van der Waals surface area contributed by atoms with Gasteiger partial charge in [-0.25, -0.2) is 5.84 Å². The predicted octanol–water partition coefficient (Wildman–Crippen LogP) is 2.01. The van der Waals surface area contributed by atoms with E-state index in [1.54, 1.807) is 0 Å². The van der Waals surface area contributed by atoms with Gasteiger partial charge in [0.05, 0.1) is 13.2 Å². The van der Waals surface area contributed by atoms with Gasteiger partial charge < -0.3 is 9.47 Å². The fourth-order valence-corrected chi connectivity index (χ4v) is 1.50. The highest BCUT2D eigenvalue weighted by Crippen LogP contribution is 2.18. The highest BCUT2D eigenvalue weighted by atomic mass is 16.5.